The van der Waals surface area contributed by atoms with Gasteiger partial charge in [-0.1, -0.05) is 66.7 Å². The Hall–Kier alpha value is -4.07. The molecule has 0 spiro atoms. The van der Waals surface area contributed by atoms with Crippen LogP contribution < -0.4 is 4.74 Å². The standard InChI is InChI=1S/C40H45NO5S/c1-44-39(42)17-8-9-25-41(37-15-10-12-33-27-34(40(43)45-2)22-23-36(33)37)26-24-32-11-6-7-16-38(32)46-28-30-18-20-31(21-19-30)29-47-35-13-4-3-5-14-35/h3-7,11,13-14,16,18-23,27,37H,8-10,12,15,17,24-26,28-29H2,1-2H3. The Bertz CT molecular complexity index is 1590. The summed E-state index contributed by atoms with van der Waals surface area (Å²) in [7, 11) is 2.86. The highest BCUT2D eigenvalue weighted by molar-refractivity contribution is 7.98. The predicted molar refractivity (Wildman–Crippen MR) is 188 cm³/mol. The largest absolute Gasteiger partial charge is 0.489 e. The van der Waals surface area contributed by atoms with E-state index in [4.69, 9.17) is 14.2 Å². The second-order valence-electron chi connectivity index (χ2n) is 11.9. The Morgan fingerprint density at radius 2 is 1.60 bits per heavy atom. The van der Waals surface area contributed by atoms with Crippen LogP contribution in [0.15, 0.2) is 102 Å². The molecule has 4 aromatic rings. The zero-order valence-corrected chi connectivity index (χ0v) is 28.3. The molecule has 0 bridgehead atoms. The summed E-state index contributed by atoms with van der Waals surface area (Å²) in [5, 5.41) is 0. The van der Waals surface area contributed by atoms with Crippen molar-refractivity contribution in [3.8, 4) is 5.75 Å². The van der Waals surface area contributed by atoms with E-state index in [2.05, 4.69) is 77.7 Å². The molecular weight excluding hydrogens is 607 g/mol. The molecule has 7 heteroatoms. The van der Waals surface area contributed by atoms with Gasteiger partial charge in [0.25, 0.3) is 0 Å². The highest BCUT2D eigenvalue weighted by atomic mass is 32.2. The lowest BCUT2D eigenvalue weighted by Gasteiger charge is -2.36. The fraction of sp³-hybridized carbons (Fsp3) is 0.350. The quantitative estimate of drug-likeness (QED) is 0.0683. The maximum absolute atomic E-state index is 12.2. The molecule has 0 N–H and O–H groups in total. The van der Waals surface area contributed by atoms with Crippen molar-refractivity contribution in [2.45, 2.75) is 68.2 Å². The van der Waals surface area contributed by atoms with Crippen LogP contribution in [0, 0.1) is 0 Å². The maximum Gasteiger partial charge on any atom is 0.337 e. The summed E-state index contributed by atoms with van der Waals surface area (Å²) < 4.78 is 16.2. The number of esters is 2. The number of nitrogens with zero attached hydrogens (tertiary/aromatic N) is 1. The van der Waals surface area contributed by atoms with Gasteiger partial charge < -0.3 is 14.2 Å². The topological polar surface area (TPSA) is 65.1 Å². The fourth-order valence-corrected chi connectivity index (χ4v) is 7.09. The lowest BCUT2D eigenvalue weighted by Crippen LogP contribution is -2.34. The van der Waals surface area contributed by atoms with E-state index in [1.165, 1.54) is 41.4 Å². The summed E-state index contributed by atoms with van der Waals surface area (Å²) in [5.74, 6) is 1.38. The van der Waals surface area contributed by atoms with Crippen molar-refractivity contribution in [1.29, 1.82) is 0 Å². The van der Waals surface area contributed by atoms with Crippen molar-refractivity contribution in [3.05, 3.63) is 130 Å². The number of thioether (sulfide) groups is 1. The summed E-state index contributed by atoms with van der Waals surface area (Å²) >= 11 is 1.84. The first-order valence-electron chi connectivity index (χ1n) is 16.5. The third kappa shape index (κ3) is 9.96. The molecule has 4 aromatic carbocycles. The smallest absolute Gasteiger partial charge is 0.337 e. The molecule has 0 aromatic heterocycles. The number of fused-ring (bicyclic) bond motifs is 1. The number of benzene rings is 4. The molecule has 47 heavy (non-hydrogen) atoms. The average molecular weight is 652 g/mol. The molecule has 0 heterocycles. The molecule has 0 amide bonds. The highest BCUT2D eigenvalue weighted by Gasteiger charge is 2.27. The number of ether oxygens (including phenoxy) is 3. The Kier molecular flexibility index (Phi) is 12.9. The van der Waals surface area contributed by atoms with E-state index in [1.54, 1.807) is 0 Å². The number of methoxy groups -OCH3 is 2. The van der Waals surface area contributed by atoms with Crippen LogP contribution in [0.25, 0.3) is 0 Å². The van der Waals surface area contributed by atoms with Gasteiger partial charge in [0.15, 0.2) is 0 Å². The van der Waals surface area contributed by atoms with Crippen molar-refractivity contribution < 1.29 is 23.8 Å². The first kappa shape index (κ1) is 34.3. The van der Waals surface area contributed by atoms with Gasteiger partial charge in [-0.05, 0) is 103 Å². The number of para-hydroxylation sites is 1. The molecule has 0 radical (unpaired) electrons. The van der Waals surface area contributed by atoms with Gasteiger partial charge in [-0.15, -0.1) is 11.8 Å². The van der Waals surface area contributed by atoms with E-state index in [0.717, 1.165) is 68.7 Å². The number of hydrogen-bond acceptors (Lipinski definition) is 7. The number of unbranched alkanes of at least 4 members (excludes halogenated alkanes) is 1. The van der Waals surface area contributed by atoms with Crippen LogP contribution >= 0.6 is 11.8 Å². The average Bonchev–Trinajstić information content (AvgIpc) is 3.13. The summed E-state index contributed by atoms with van der Waals surface area (Å²) in [5.41, 5.74) is 6.72. The van der Waals surface area contributed by atoms with Gasteiger partial charge in [-0.25, -0.2) is 4.79 Å². The van der Waals surface area contributed by atoms with E-state index in [-0.39, 0.29) is 18.0 Å². The van der Waals surface area contributed by atoms with Crippen LogP contribution in [0.5, 0.6) is 5.75 Å². The van der Waals surface area contributed by atoms with Crippen molar-refractivity contribution >= 4 is 23.7 Å². The Labute approximate surface area is 283 Å². The molecular formula is C40H45NO5S. The number of aryl methyl sites for hydroxylation is 1. The van der Waals surface area contributed by atoms with Crippen LogP contribution in [0.1, 0.15) is 76.3 Å². The summed E-state index contributed by atoms with van der Waals surface area (Å²) in [6, 6.07) is 33.7. The van der Waals surface area contributed by atoms with Crippen LogP contribution in [-0.2, 0) is 39.5 Å². The van der Waals surface area contributed by atoms with Gasteiger partial charge >= 0.3 is 11.9 Å². The van der Waals surface area contributed by atoms with Gasteiger partial charge in [0, 0.05) is 29.7 Å². The summed E-state index contributed by atoms with van der Waals surface area (Å²) in [6.45, 7) is 2.24. The molecule has 0 aliphatic heterocycles. The lowest BCUT2D eigenvalue weighted by atomic mass is 9.85. The van der Waals surface area contributed by atoms with E-state index in [1.807, 2.05) is 36.0 Å². The molecule has 6 nitrogen and oxygen atoms in total. The Morgan fingerprint density at radius 1 is 0.830 bits per heavy atom. The minimum Gasteiger partial charge on any atom is -0.489 e. The van der Waals surface area contributed by atoms with Gasteiger partial charge in [-0.2, -0.15) is 0 Å². The lowest BCUT2D eigenvalue weighted by molar-refractivity contribution is -0.140. The van der Waals surface area contributed by atoms with Crippen molar-refractivity contribution in [3.63, 3.8) is 0 Å². The molecule has 5 rings (SSSR count). The minimum atomic E-state index is -0.302. The maximum atomic E-state index is 12.2. The fourth-order valence-electron chi connectivity index (χ4n) is 6.21. The Morgan fingerprint density at radius 3 is 2.38 bits per heavy atom. The zero-order chi connectivity index (χ0) is 32.8. The van der Waals surface area contributed by atoms with Crippen molar-refractivity contribution in [1.82, 2.24) is 4.90 Å². The minimum absolute atomic E-state index is 0.165. The predicted octanol–water partition coefficient (Wildman–Crippen LogP) is 8.61. The number of carbonyl (C=O) groups excluding carboxylic acids is 2. The number of carbonyl (C=O) groups is 2. The molecule has 1 atom stereocenters. The number of rotatable bonds is 16. The molecule has 1 aliphatic rings. The van der Waals surface area contributed by atoms with Gasteiger partial charge in [0.1, 0.15) is 12.4 Å². The van der Waals surface area contributed by atoms with E-state index >= 15 is 0 Å². The van der Waals surface area contributed by atoms with Crippen LogP contribution in [-0.4, -0.2) is 44.1 Å². The normalized spacial score (nSPS) is 14.0. The van der Waals surface area contributed by atoms with Gasteiger partial charge in [-0.3, -0.25) is 9.69 Å². The third-order valence-electron chi connectivity index (χ3n) is 8.80. The monoisotopic (exact) mass is 651 g/mol. The Balaban J connectivity index is 1.23. The third-order valence-corrected chi connectivity index (χ3v) is 9.88. The van der Waals surface area contributed by atoms with E-state index in [0.29, 0.717) is 18.6 Å². The van der Waals surface area contributed by atoms with E-state index < -0.39 is 0 Å². The van der Waals surface area contributed by atoms with E-state index in [9.17, 15) is 9.59 Å². The van der Waals surface area contributed by atoms with Crippen LogP contribution in [0.2, 0.25) is 0 Å². The second-order valence-corrected chi connectivity index (χ2v) is 13.0. The molecule has 1 aliphatic carbocycles. The SMILES string of the molecule is COC(=O)CCCCN(CCc1ccccc1OCc1ccc(CSc2ccccc2)cc1)C1CCCc2cc(C(=O)OC)ccc21. The summed E-state index contributed by atoms with van der Waals surface area (Å²) in [4.78, 5) is 27.8. The first-order valence-corrected chi connectivity index (χ1v) is 17.5. The van der Waals surface area contributed by atoms with Crippen LogP contribution in [0.4, 0.5) is 0 Å². The molecule has 1 unspecified atom stereocenters. The van der Waals surface area contributed by atoms with Crippen molar-refractivity contribution in [2.24, 2.45) is 0 Å². The molecule has 0 fully saturated rings. The van der Waals surface area contributed by atoms with Crippen molar-refractivity contribution in [2.75, 3.05) is 27.3 Å². The molecule has 246 valence electrons. The van der Waals surface area contributed by atoms with Gasteiger partial charge in [0.05, 0.1) is 19.8 Å². The number of hydrogen-bond donors (Lipinski definition) is 0. The van der Waals surface area contributed by atoms with Crippen LogP contribution in [0.3, 0.4) is 0 Å². The zero-order valence-electron chi connectivity index (χ0n) is 27.5. The second kappa shape index (κ2) is 17.7. The first-order chi connectivity index (χ1) is 23.0. The highest BCUT2D eigenvalue weighted by Crippen LogP contribution is 2.36. The molecule has 0 saturated heterocycles. The van der Waals surface area contributed by atoms with Gasteiger partial charge in [0.2, 0.25) is 0 Å². The summed E-state index contributed by atoms with van der Waals surface area (Å²) in [6.07, 6.45) is 6.03. The molecule has 0 saturated carbocycles.